The van der Waals surface area contributed by atoms with Crippen LogP contribution in [0.2, 0.25) is 11.1 Å². The molecule has 0 nitrogen and oxygen atoms in total. The number of rotatable bonds is 3. The van der Waals surface area contributed by atoms with Crippen LogP contribution in [0.4, 0.5) is 0 Å². The van der Waals surface area contributed by atoms with Gasteiger partial charge in [-0.15, -0.1) is 0 Å². The molecule has 1 aromatic rings. The zero-order valence-electron chi connectivity index (χ0n) is 10.0. The average molecular weight is 198 g/mol. The Kier molecular flexibility index (Phi) is 6.52. The first-order chi connectivity index (χ1) is 6.13. The van der Waals surface area contributed by atoms with E-state index >= 15 is 0 Å². The summed E-state index contributed by atoms with van der Waals surface area (Å²) < 4.78 is 0. The molecule has 1 aromatic carbocycles. The van der Waals surface area contributed by atoms with Crippen LogP contribution in [-0.4, -0.2) is 8.80 Å². The third-order valence-electron chi connectivity index (χ3n) is 2.35. The summed E-state index contributed by atoms with van der Waals surface area (Å²) in [5, 5.41) is 1.58. The molecule has 0 radical (unpaired) electrons. The van der Waals surface area contributed by atoms with Gasteiger partial charge in [0.25, 0.3) is 0 Å². The smallest absolute Gasteiger partial charge is 0.278 e. The summed E-state index contributed by atoms with van der Waals surface area (Å²) in [5.74, 6) is 0. The molecule has 0 spiro atoms. The second kappa shape index (κ2) is 6.51. The van der Waals surface area contributed by atoms with Gasteiger partial charge >= 0.3 is 18.9 Å². The second-order valence-corrected chi connectivity index (χ2v) is 7.93. The fourth-order valence-electron chi connectivity index (χ4n) is 1.96. The van der Waals surface area contributed by atoms with Crippen molar-refractivity contribution in [1.29, 1.82) is 0 Å². The Bertz CT molecular complexity index is 236. The van der Waals surface area contributed by atoms with Gasteiger partial charge in [-0.2, -0.15) is 16.3 Å². The third kappa shape index (κ3) is 3.65. The Hall–Kier alpha value is 0.0343. The van der Waals surface area contributed by atoms with Crippen LogP contribution in [0, 0.1) is 0 Å². The number of hydrogen-bond donors (Lipinski definition) is 0. The van der Waals surface area contributed by atoms with E-state index in [2.05, 4.69) is 58.0 Å². The first kappa shape index (κ1) is 14.0. The van der Waals surface area contributed by atoms with Crippen LogP contribution in [-0.2, 0) is 0 Å². The van der Waals surface area contributed by atoms with E-state index in [0.717, 1.165) is 11.1 Å². The number of benzene rings is 1. The predicted octanol–water partition coefficient (Wildman–Crippen LogP) is 0.212. The summed E-state index contributed by atoms with van der Waals surface area (Å²) in [4.78, 5) is 0. The van der Waals surface area contributed by atoms with Crippen molar-refractivity contribution in [3.63, 3.8) is 0 Å². The van der Waals surface area contributed by atoms with Crippen molar-refractivity contribution in [3.05, 3.63) is 30.3 Å². The molecule has 14 heavy (non-hydrogen) atoms. The molecule has 0 heterocycles. The molecule has 2 heteroatoms. The van der Waals surface area contributed by atoms with E-state index in [1.807, 2.05) is 0 Å². The van der Waals surface area contributed by atoms with Crippen LogP contribution >= 0.6 is 0 Å². The van der Waals surface area contributed by atoms with Crippen molar-refractivity contribution in [1.82, 2.24) is 0 Å². The Balaban J connectivity index is 0.00000169. The molecule has 0 fully saturated rings. The molecule has 0 N–H and O–H groups in total. The molecule has 0 saturated carbocycles. The first-order valence-corrected chi connectivity index (χ1v) is 6.70. The zero-order chi connectivity index (χ0) is 9.84. The minimum Gasteiger partial charge on any atom is -0.278 e. The molecule has 0 aliphatic heterocycles. The van der Waals surface area contributed by atoms with E-state index in [4.69, 9.17) is 0 Å². The molecule has 0 atom stereocenters. The molecule has 0 amide bonds. The Labute approximate surface area is 102 Å². The fourth-order valence-corrected chi connectivity index (χ4v) is 5.21. The van der Waals surface area contributed by atoms with Gasteiger partial charge < -0.3 is 0 Å². The van der Waals surface area contributed by atoms with Gasteiger partial charge in [-0.1, -0.05) is 58.0 Å². The van der Waals surface area contributed by atoms with Crippen molar-refractivity contribution in [2.24, 2.45) is 0 Å². The quantitative estimate of drug-likeness (QED) is 0.609. The number of hydrogen-bond acceptors (Lipinski definition) is 0. The molecule has 0 aliphatic rings. The van der Waals surface area contributed by atoms with Gasteiger partial charge in [0, 0.05) is 0 Å². The van der Waals surface area contributed by atoms with E-state index in [1.165, 1.54) is 0 Å². The van der Waals surface area contributed by atoms with E-state index in [0.29, 0.717) is 0 Å². The van der Waals surface area contributed by atoms with Crippen LogP contribution in [0.1, 0.15) is 27.7 Å². The topological polar surface area (TPSA) is 0 Å². The Morgan fingerprint density at radius 3 is 1.64 bits per heavy atom. The van der Waals surface area contributed by atoms with Crippen LogP contribution < -0.4 is 24.0 Å². The summed E-state index contributed by atoms with van der Waals surface area (Å²) in [6.07, 6.45) is 0. The molecular formula is C12H19LiSi. The summed E-state index contributed by atoms with van der Waals surface area (Å²) in [6.45, 7) is 9.39. The van der Waals surface area contributed by atoms with Crippen LogP contribution in [0.3, 0.4) is 0 Å². The van der Waals surface area contributed by atoms with Crippen LogP contribution in [0.5, 0.6) is 0 Å². The Morgan fingerprint density at radius 2 is 1.29 bits per heavy atom. The van der Waals surface area contributed by atoms with Gasteiger partial charge in [0.1, 0.15) is 0 Å². The first-order valence-electron chi connectivity index (χ1n) is 5.05. The van der Waals surface area contributed by atoms with Gasteiger partial charge in [0.15, 0.2) is 0 Å². The predicted molar refractivity (Wildman–Crippen MR) is 62.0 cm³/mol. The summed E-state index contributed by atoms with van der Waals surface area (Å²) >= 11 is 0. The largest absolute Gasteiger partial charge is 1.00 e. The van der Waals surface area contributed by atoms with Gasteiger partial charge in [0.2, 0.25) is 0 Å². The average Bonchev–Trinajstić information content (AvgIpc) is 2.04. The Morgan fingerprint density at radius 1 is 0.857 bits per heavy atom. The fraction of sp³-hybridized carbons (Fsp3) is 0.500. The minimum absolute atomic E-state index is 0. The molecule has 0 unspecified atom stereocenters. The molecule has 72 valence electrons. The molecule has 0 aromatic heterocycles. The maximum absolute atomic E-state index is 2.35. The van der Waals surface area contributed by atoms with Crippen LogP contribution in [0.15, 0.2) is 30.3 Å². The monoisotopic (exact) mass is 198 g/mol. The summed E-state index contributed by atoms with van der Waals surface area (Å²) in [6, 6.07) is 11.0. The molecular weight excluding hydrogens is 179 g/mol. The van der Waals surface area contributed by atoms with Gasteiger partial charge in [0.05, 0.1) is 0 Å². The van der Waals surface area contributed by atoms with Crippen LogP contribution in [0.25, 0.3) is 0 Å². The van der Waals surface area contributed by atoms with Crippen molar-refractivity contribution in [2.75, 3.05) is 0 Å². The third-order valence-corrected chi connectivity index (χ3v) is 5.84. The normalized spacial score (nSPS) is 10.1. The van der Waals surface area contributed by atoms with Crippen molar-refractivity contribution in [3.8, 4) is 0 Å². The van der Waals surface area contributed by atoms with Crippen molar-refractivity contribution >= 4 is 14.0 Å². The van der Waals surface area contributed by atoms with Gasteiger partial charge in [-0.25, -0.2) is 0 Å². The van der Waals surface area contributed by atoms with Crippen molar-refractivity contribution in [2.45, 2.75) is 38.8 Å². The van der Waals surface area contributed by atoms with E-state index < -0.39 is 0 Å². The van der Waals surface area contributed by atoms with Crippen molar-refractivity contribution < 1.29 is 18.9 Å². The zero-order valence-corrected chi connectivity index (χ0v) is 11.0. The van der Waals surface area contributed by atoms with E-state index in [1.54, 1.807) is 5.19 Å². The molecule has 0 bridgehead atoms. The maximum atomic E-state index is 2.35. The molecule has 0 saturated heterocycles. The molecule has 1 rings (SSSR count). The van der Waals surface area contributed by atoms with Gasteiger partial charge in [-0.05, 0) is 0 Å². The summed E-state index contributed by atoms with van der Waals surface area (Å²) in [7, 11) is -0.356. The molecule has 0 aliphatic carbocycles. The van der Waals surface area contributed by atoms with Gasteiger partial charge in [-0.3, -0.25) is 8.80 Å². The summed E-state index contributed by atoms with van der Waals surface area (Å²) in [5.41, 5.74) is 1.65. The standard InChI is InChI=1S/C12H19Si.Li/c1-10(2)13(11(3)4)12-8-6-5-7-9-12;/h5-11H,1-4H3;/q-1;+1. The minimum atomic E-state index is -0.356. The van der Waals surface area contributed by atoms with E-state index in [9.17, 15) is 0 Å². The SMILES string of the molecule is CC(C)[Si-](c1ccccc1)C(C)C.[Li+]. The maximum Gasteiger partial charge on any atom is 1.00 e. The second-order valence-electron chi connectivity index (χ2n) is 4.13. The van der Waals surface area contributed by atoms with E-state index in [-0.39, 0.29) is 27.7 Å².